The molecule has 0 aliphatic rings. The van der Waals surface area contributed by atoms with E-state index in [0.29, 0.717) is 35.8 Å². The van der Waals surface area contributed by atoms with Crippen LogP contribution in [-0.4, -0.2) is 44.0 Å². The van der Waals surface area contributed by atoms with E-state index in [4.69, 9.17) is 14.2 Å². The normalized spacial score (nSPS) is 10.3. The topological polar surface area (TPSA) is 97.3 Å². The zero-order valence-electron chi connectivity index (χ0n) is 15.3. The molecule has 2 aromatic rings. The van der Waals surface area contributed by atoms with E-state index in [1.807, 2.05) is 6.92 Å². The number of phenolic OH excluding ortho intramolecular Hbond substituents is 2. The van der Waals surface area contributed by atoms with Crippen LogP contribution in [0.15, 0.2) is 24.3 Å². The molecule has 0 aromatic heterocycles. The second-order valence-electron chi connectivity index (χ2n) is 5.69. The highest BCUT2D eigenvalue weighted by atomic mass is 16.5. The number of hydrogen-bond acceptors (Lipinski definition) is 6. The SMILES string of the molecule is COc1cc(C(=O)NCCc2cc(O)c(O)cc2C)cc(OC)c1OC. The van der Waals surface area contributed by atoms with Crippen molar-refractivity contribution in [2.24, 2.45) is 0 Å². The van der Waals surface area contributed by atoms with Gasteiger partial charge >= 0.3 is 0 Å². The summed E-state index contributed by atoms with van der Waals surface area (Å²) in [7, 11) is 4.47. The monoisotopic (exact) mass is 361 g/mol. The van der Waals surface area contributed by atoms with Gasteiger partial charge in [-0.3, -0.25) is 4.79 Å². The minimum atomic E-state index is -0.287. The number of rotatable bonds is 7. The van der Waals surface area contributed by atoms with Crippen LogP contribution in [-0.2, 0) is 6.42 Å². The zero-order chi connectivity index (χ0) is 19.3. The summed E-state index contributed by atoms with van der Waals surface area (Å²) in [6.45, 7) is 2.19. The van der Waals surface area contributed by atoms with Crippen LogP contribution in [0.3, 0.4) is 0 Å². The molecule has 7 heteroatoms. The van der Waals surface area contributed by atoms with Gasteiger partial charge in [-0.05, 0) is 48.7 Å². The van der Waals surface area contributed by atoms with Crippen molar-refractivity contribution < 1.29 is 29.2 Å². The lowest BCUT2D eigenvalue weighted by Gasteiger charge is -2.14. The first-order valence-corrected chi connectivity index (χ1v) is 8.00. The predicted molar refractivity (Wildman–Crippen MR) is 96.6 cm³/mol. The Labute approximate surface area is 152 Å². The Balaban J connectivity index is 2.10. The van der Waals surface area contributed by atoms with E-state index >= 15 is 0 Å². The number of amides is 1. The second-order valence-corrected chi connectivity index (χ2v) is 5.69. The van der Waals surface area contributed by atoms with Crippen molar-refractivity contribution in [3.8, 4) is 28.7 Å². The Bertz CT molecular complexity index is 778. The van der Waals surface area contributed by atoms with Gasteiger partial charge in [-0.1, -0.05) is 0 Å². The Kier molecular flexibility index (Phi) is 6.16. The number of nitrogens with one attached hydrogen (secondary N) is 1. The van der Waals surface area contributed by atoms with Crippen molar-refractivity contribution >= 4 is 5.91 Å². The maximum absolute atomic E-state index is 12.4. The van der Waals surface area contributed by atoms with Crippen molar-refractivity contribution in [3.63, 3.8) is 0 Å². The molecule has 0 fully saturated rings. The van der Waals surface area contributed by atoms with E-state index in [1.54, 1.807) is 12.1 Å². The van der Waals surface area contributed by atoms with E-state index in [2.05, 4.69) is 5.32 Å². The molecule has 0 heterocycles. The average molecular weight is 361 g/mol. The van der Waals surface area contributed by atoms with E-state index < -0.39 is 0 Å². The Morgan fingerprint density at radius 3 is 2.08 bits per heavy atom. The van der Waals surface area contributed by atoms with Crippen LogP contribution < -0.4 is 19.5 Å². The summed E-state index contributed by atoms with van der Waals surface area (Å²) >= 11 is 0. The van der Waals surface area contributed by atoms with Gasteiger partial charge in [0.1, 0.15) is 0 Å². The van der Waals surface area contributed by atoms with Crippen LogP contribution in [0.4, 0.5) is 0 Å². The van der Waals surface area contributed by atoms with Crippen LogP contribution in [0.2, 0.25) is 0 Å². The van der Waals surface area contributed by atoms with Crippen LogP contribution >= 0.6 is 0 Å². The third-order valence-electron chi connectivity index (χ3n) is 4.04. The predicted octanol–water partition coefficient (Wildman–Crippen LogP) is 2.40. The second kappa shape index (κ2) is 8.33. The fourth-order valence-corrected chi connectivity index (χ4v) is 2.62. The number of carbonyl (C=O) groups is 1. The van der Waals surface area contributed by atoms with Gasteiger partial charge in [0.2, 0.25) is 5.75 Å². The number of aryl methyl sites for hydroxylation is 1. The molecule has 0 saturated heterocycles. The fraction of sp³-hybridized carbons (Fsp3) is 0.316. The van der Waals surface area contributed by atoms with Crippen molar-refractivity contribution in [1.29, 1.82) is 0 Å². The summed E-state index contributed by atoms with van der Waals surface area (Å²) in [6, 6.07) is 6.14. The minimum absolute atomic E-state index is 0.160. The van der Waals surface area contributed by atoms with Crippen molar-refractivity contribution in [2.45, 2.75) is 13.3 Å². The van der Waals surface area contributed by atoms with E-state index in [9.17, 15) is 15.0 Å². The van der Waals surface area contributed by atoms with Gasteiger partial charge in [-0.25, -0.2) is 0 Å². The van der Waals surface area contributed by atoms with E-state index in [-0.39, 0.29) is 17.4 Å². The van der Waals surface area contributed by atoms with Gasteiger partial charge in [0.25, 0.3) is 5.91 Å². The fourth-order valence-electron chi connectivity index (χ4n) is 2.62. The molecule has 0 aliphatic heterocycles. The first-order chi connectivity index (χ1) is 12.4. The quantitative estimate of drug-likeness (QED) is 0.655. The van der Waals surface area contributed by atoms with Crippen LogP contribution in [0.5, 0.6) is 28.7 Å². The lowest BCUT2D eigenvalue weighted by molar-refractivity contribution is 0.0953. The van der Waals surface area contributed by atoms with Crippen LogP contribution in [0, 0.1) is 6.92 Å². The largest absolute Gasteiger partial charge is 0.504 e. The zero-order valence-corrected chi connectivity index (χ0v) is 15.3. The average Bonchev–Trinajstić information content (AvgIpc) is 2.64. The molecular weight excluding hydrogens is 338 g/mol. The Morgan fingerprint density at radius 1 is 0.962 bits per heavy atom. The highest BCUT2D eigenvalue weighted by molar-refractivity contribution is 5.95. The summed E-state index contributed by atoms with van der Waals surface area (Å²) in [4.78, 5) is 12.4. The van der Waals surface area contributed by atoms with Crippen LogP contribution in [0.1, 0.15) is 21.5 Å². The van der Waals surface area contributed by atoms with E-state index in [0.717, 1.165) is 11.1 Å². The van der Waals surface area contributed by atoms with Gasteiger partial charge in [0, 0.05) is 12.1 Å². The molecule has 0 unspecified atom stereocenters. The Hall–Kier alpha value is -3.09. The van der Waals surface area contributed by atoms with Gasteiger partial charge in [0.05, 0.1) is 21.3 Å². The van der Waals surface area contributed by atoms with Crippen molar-refractivity contribution in [3.05, 3.63) is 41.0 Å². The summed E-state index contributed by atoms with van der Waals surface area (Å²) in [5, 5.41) is 21.9. The molecule has 1 amide bonds. The standard InChI is InChI=1S/C19H23NO6/c1-11-7-14(21)15(22)8-12(11)5-6-20-19(23)13-9-16(24-2)18(26-4)17(10-13)25-3/h7-10,21-22H,5-6H2,1-4H3,(H,20,23). The molecule has 0 aliphatic carbocycles. The molecule has 0 radical (unpaired) electrons. The lowest BCUT2D eigenvalue weighted by atomic mass is 10.0. The molecule has 0 spiro atoms. The summed E-state index contributed by atoms with van der Waals surface area (Å²) in [6.07, 6.45) is 0.510. The number of benzene rings is 2. The molecule has 0 bridgehead atoms. The first kappa shape index (κ1) is 19.2. The summed E-state index contributed by atoms with van der Waals surface area (Å²) < 4.78 is 15.7. The van der Waals surface area contributed by atoms with Gasteiger partial charge in [-0.15, -0.1) is 0 Å². The molecule has 0 atom stereocenters. The third-order valence-corrected chi connectivity index (χ3v) is 4.04. The molecule has 3 N–H and O–H groups in total. The lowest BCUT2D eigenvalue weighted by Crippen LogP contribution is -2.26. The summed E-state index contributed by atoms with van der Waals surface area (Å²) in [5.74, 6) is 0.591. The molecule has 7 nitrogen and oxygen atoms in total. The molecular formula is C19H23NO6. The smallest absolute Gasteiger partial charge is 0.251 e. The van der Waals surface area contributed by atoms with Crippen molar-refractivity contribution in [2.75, 3.05) is 27.9 Å². The number of methoxy groups -OCH3 is 3. The van der Waals surface area contributed by atoms with E-state index in [1.165, 1.54) is 33.5 Å². The molecule has 26 heavy (non-hydrogen) atoms. The minimum Gasteiger partial charge on any atom is -0.504 e. The van der Waals surface area contributed by atoms with Gasteiger partial charge in [0.15, 0.2) is 23.0 Å². The number of hydrogen-bond donors (Lipinski definition) is 3. The first-order valence-electron chi connectivity index (χ1n) is 8.00. The third kappa shape index (κ3) is 4.11. The van der Waals surface area contributed by atoms with Crippen LogP contribution in [0.25, 0.3) is 0 Å². The van der Waals surface area contributed by atoms with Gasteiger partial charge < -0.3 is 29.7 Å². The number of phenols is 2. The molecule has 2 aromatic carbocycles. The maximum atomic E-state index is 12.4. The summed E-state index contributed by atoms with van der Waals surface area (Å²) in [5.41, 5.74) is 2.05. The van der Waals surface area contributed by atoms with Crippen molar-refractivity contribution in [1.82, 2.24) is 5.32 Å². The number of carbonyl (C=O) groups excluding carboxylic acids is 1. The highest BCUT2D eigenvalue weighted by Gasteiger charge is 2.17. The highest BCUT2D eigenvalue weighted by Crippen LogP contribution is 2.38. The molecule has 140 valence electrons. The maximum Gasteiger partial charge on any atom is 0.251 e. The molecule has 0 saturated carbocycles. The van der Waals surface area contributed by atoms with Gasteiger partial charge in [-0.2, -0.15) is 0 Å². The molecule has 2 rings (SSSR count). The number of ether oxygens (including phenoxy) is 3. The number of aromatic hydroxyl groups is 2. The Morgan fingerprint density at radius 2 is 1.54 bits per heavy atom.